The van der Waals surface area contributed by atoms with Crippen molar-refractivity contribution in [3.05, 3.63) is 53.0 Å². The lowest BCUT2D eigenvalue weighted by atomic mass is 10.2. The fraction of sp³-hybridized carbons (Fsp3) is 0.188. The zero-order chi connectivity index (χ0) is 16.4. The van der Waals surface area contributed by atoms with Crippen LogP contribution in [0.15, 0.2) is 57.9 Å². The number of carbonyl (C=O) groups excluding carboxylic acids is 1. The number of hydrogen-bond donors (Lipinski definition) is 2. The number of benzene rings is 2. The van der Waals surface area contributed by atoms with E-state index in [9.17, 15) is 13.2 Å². The van der Waals surface area contributed by atoms with Gasteiger partial charge >= 0.3 is 0 Å². The first-order chi connectivity index (χ1) is 10.9. The molecule has 0 spiro atoms. The number of rotatable bonds is 5. The van der Waals surface area contributed by atoms with E-state index in [1.165, 1.54) is 12.1 Å². The van der Waals surface area contributed by atoms with Gasteiger partial charge in [0.05, 0.1) is 10.6 Å². The maximum Gasteiger partial charge on any atom is 0.261 e. The summed E-state index contributed by atoms with van der Waals surface area (Å²) in [5, 5.41) is 2.80. The molecule has 0 heterocycles. The molecule has 1 aliphatic carbocycles. The number of nitrogens with one attached hydrogen (secondary N) is 2. The van der Waals surface area contributed by atoms with Crippen LogP contribution in [0.1, 0.15) is 12.8 Å². The summed E-state index contributed by atoms with van der Waals surface area (Å²) in [6.07, 6.45) is 1.84. The highest BCUT2D eigenvalue weighted by molar-refractivity contribution is 9.10. The third kappa shape index (κ3) is 4.11. The smallest absolute Gasteiger partial charge is 0.261 e. The van der Waals surface area contributed by atoms with Crippen molar-refractivity contribution >= 4 is 43.2 Å². The molecule has 3 rings (SSSR count). The first-order valence-corrected chi connectivity index (χ1v) is 9.41. The molecule has 0 aromatic heterocycles. The van der Waals surface area contributed by atoms with Gasteiger partial charge in [0.2, 0.25) is 5.91 Å². The molecule has 2 aromatic rings. The van der Waals surface area contributed by atoms with Crippen LogP contribution in [0.5, 0.6) is 0 Å². The van der Waals surface area contributed by atoms with Crippen molar-refractivity contribution < 1.29 is 13.2 Å². The molecule has 0 atom stereocenters. The molecule has 7 heteroatoms. The minimum absolute atomic E-state index is 0.0167. The molecule has 1 aliphatic rings. The van der Waals surface area contributed by atoms with Crippen molar-refractivity contribution in [2.75, 3.05) is 10.0 Å². The summed E-state index contributed by atoms with van der Waals surface area (Å²) in [7, 11) is -3.68. The van der Waals surface area contributed by atoms with Crippen molar-refractivity contribution in [1.82, 2.24) is 0 Å². The summed E-state index contributed by atoms with van der Waals surface area (Å²) in [5.74, 6) is 0.0778. The number of halogens is 1. The third-order valence-corrected chi connectivity index (χ3v) is 5.31. The van der Waals surface area contributed by atoms with Gasteiger partial charge in [-0.1, -0.05) is 28.1 Å². The van der Waals surface area contributed by atoms with Crippen LogP contribution < -0.4 is 10.0 Å². The highest BCUT2D eigenvalue weighted by Crippen LogP contribution is 2.30. The minimum Gasteiger partial charge on any atom is -0.326 e. The monoisotopic (exact) mass is 394 g/mol. The Bertz CT molecular complexity index is 848. The Morgan fingerprint density at radius 3 is 2.43 bits per heavy atom. The average Bonchev–Trinajstić information content (AvgIpc) is 3.32. The molecular formula is C16H15BrN2O3S. The molecule has 5 nitrogen and oxygen atoms in total. The molecule has 1 fully saturated rings. The summed E-state index contributed by atoms with van der Waals surface area (Å²) in [6, 6.07) is 13.1. The number of anilines is 2. The van der Waals surface area contributed by atoms with Gasteiger partial charge in [0.25, 0.3) is 10.0 Å². The number of amides is 1. The van der Waals surface area contributed by atoms with Crippen LogP contribution in [0.3, 0.4) is 0 Å². The van der Waals surface area contributed by atoms with Crippen LogP contribution in [0.4, 0.5) is 11.4 Å². The Hall–Kier alpha value is -1.86. The van der Waals surface area contributed by atoms with Crippen molar-refractivity contribution in [2.45, 2.75) is 17.7 Å². The topological polar surface area (TPSA) is 75.3 Å². The fourth-order valence-corrected chi connectivity index (χ4v) is 3.74. The Kier molecular flexibility index (Phi) is 4.41. The summed E-state index contributed by atoms with van der Waals surface area (Å²) < 4.78 is 28.0. The van der Waals surface area contributed by atoms with Crippen molar-refractivity contribution in [1.29, 1.82) is 0 Å². The molecular weight excluding hydrogens is 380 g/mol. The number of sulfonamides is 1. The van der Waals surface area contributed by atoms with E-state index in [0.717, 1.165) is 12.8 Å². The zero-order valence-corrected chi connectivity index (χ0v) is 14.5. The SMILES string of the molecule is O=C(Nc1cccc(NS(=O)(=O)c2cccc(Br)c2)c1)C1CC1. The second kappa shape index (κ2) is 6.33. The van der Waals surface area contributed by atoms with E-state index in [1.807, 2.05) is 0 Å². The summed E-state index contributed by atoms with van der Waals surface area (Å²) in [6.45, 7) is 0. The van der Waals surface area contributed by atoms with Crippen LogP contribution >= 0.6 is 15.9 Å². The third-order valence-electron chi connectivity index (χ3n) is 3.44. The van der Waals surface area contributed by atoms with E-state index in [2.05, 4.69) is 26.0 Å². The predicted molar refractivity (Wildman–Crippen MR) is 92.7 cm³/mol. The maximum absolute atomic E-state index is 12.4. The van der Waals surface area contributed by atoms with Gasteiger partial charge < -0.3 is 5.32 Å². The normalized spacial score (nSPS) is 14.3. The van der Waals surface area contributed by atoms with E-state index in [4.69, 9.17) is 0 Å². The van der Waals surface area contributed by atoms with Gasteiger partial charge in [-0.15, -0.1) is 0 Å². The summed E-state index contributed by atoms with van der Waals surface area (Å²) in [4.78, 5) is 11.9. The molecule has 0 radical (unpaired) electrons. The quantitative estimate of drug-likeness (QED) is 0.813. The predicted octanol–water partition coefficient (Wildman–Crippen LogP) is 3.60. The average molecular weight is 395 g/mol. The van der Waals surface area contributed by atoms with Crippen molar-refractivity contribution in [3.8, 4) is 0 Å². The maximum atomic E-state index is 12.4. The largest absolute Gasteiger partial charge is 0.326 e. The molecule has 1 amide bonds. The summed E-state index contributed by atoms with van der Waals surface area (Å²) >= 11 is 3.26. The van der Waals surface area contributed by atoms with Crippen LogP contribution in [-0.4, -0.2) is 14.3 Å². The van der Waals surface area contributed by atoms with Crippen LogP contribution in [0, 0.1) is 5.92 Å². The number of hydrogen-bond acceptors (Lipinski definition) is 3. The Morgan fingerprint density at radius 1 is 1.04 bits per heavy atom. The highest BCUT2D eigenvalue weighted by atomic mass is 79.9. The van der Waals surface area contributed by atoms with Crippen LogP contribution in [-0.2, 0) is 14.8 Å². The van der Waals surface area contributed by atoms with E-state index >= 15 is 0 Å². The van der Waals surface area contributed by atoms with Gasteiger partial charge in [0.15, 0.2) is 0 Å². The molecule has 0 aliphatic heterocycles. The second-order valence-corrected chi connectivity index (χ2v) is 8.01. The Balaban J connectivity index is 1.78. The van der Waals surface area contributed by atoms with Gasteiger partial charge in [-0.2, -0.15) is 0 Å². The van der Waals surface area contributed by atoms with Gasteiger partial charge in [-0.25, -0.2) is 8.42 Å². The molecule has 2 N–H and O–H groups in total. The standard InChI is InChI=1S/C16H15BrN2O3S/c17-12-3-1-6-15(9-12)23(21,22)19-14-5-2-4-13(10-14)18-16(20)11-7-8-11/h1-6,9-11,19H,7-8H2,(H,18,20). The molecule has 0 unspecified atom stereocenters. The molecule has 0 bridgehead atoms. The van der Waals surface area contributed by atoms with Crippen molar-refractivity contribution in [3.63, 3.8) is 0 Å². The van der Waals surface area contributed by atoms with Gasteiger partial charge in [0, 0.05) is 16.1 Å². The lowest BCUT2D eigenvalue weighted by Crippen LogP contribution is -2.15. The molecule has 2 aromatic carbocycles. The van der Waals surface area contributed by atoms with E-state index < -0.39 is 10.0 Å². The van der Waals surface area contributed by atoms with E-state index in [1.54, 1.807) is 36.4 Å². The summed E-state index contributed by atoms with van der Waals surface area (Å²) in [5.41, 5.74) is 0.981. The van der Waals surface area contributed by atoms with Gasteiger partial charge in [-0.3, -0.25) is 9.52 Å². The first-order valence-electron chi connectivity index (χ1n) is 7.13. The molecule has 0 saturated heterocycles. The van der Waals surface area contributed by atoms with E-state index in [0.29, 0.717) is 15.8 Å². The molecule has 23 heavy (non-hydrogen) atoms. The van der Waals surface area contributed by atoms with Crippen molar-refractivity contribution in [2.24, 2.45) is 5.92 Å². The minimum atomic E-state index is -3.68. The lowest BCUT2D eigenvalue weighted by Gasteiger charge is -2.10. The molecule has 1 saturated carbocycles. The Labute approximate surface area is 143 Å². The van der Waals surface area contributed by atoms with Crippen LogP contribution in [0.25, 0.3) is 0 Å². The molecule has 120 valence electrons. The fourth-order valence-electron chi connectivity index (χ4n) is 2.10. The second-order valence-electron chi connectivity index (χ2n) is 5.41. The highest BCUT2D eigenvalue weighted by Gasteiger charge is 2.29. The first kappa shape index (κ1) is 16.0. The van der Waals surface area contributed by atoms with E-state index in [-0.39, 0.29) is 16.7 Å². The Morgan fingerprint density at radius 2 is 1.74 bits per heavy atom. The van der Waals surface area contributed by atoms with Crippen LogP contribution in [0.2, 0.25) is 0 Å². The van der Waals surface area contributed by atoms with Gasteiger partial charge in [0.1, 0.15) is 0 Å². The zero-order valence-electron chi connectivity index (χ0n) is 12.1. The number of carbonyl (C=O) groups is 1. The lowest BCUT2D eigenvalue weighted by molar-refractivity contribution is -0.117. The van der Waals surface area contributed by atoms with Gasteiger partial charge in [-0.05, 0) is 49.2 Å².